The molecule has 0 aromatic heterocycles. The van der Waals surface area contributed by atoms with Crippen LogP contribution in [-0.2, 0) is 4.74 Å². The van der Waals surface area contributed by atoms with Crippen LogP contribution < -0.4 is 0 Å². The van der Waals surface area contributed by atoms with E-state index in [1.807, 2.05) is 60.7 Å². The average Bonchev–Trinajstić information content (AvgIpc) is 2.46. The van der Waals surface area contributed by atoms with E-state index in [0.29, 0.717) is 5.05 Å². The molecule has 0 radical (unpaired) electrons. The Kier molecular flexibility index (Phi) is 4.45. The number of aliphatic hydroxyl groups is 1. The lowest BCUT2D eigenvalue weighted by Gasteiger charge is -2.17. The first-order valence-corrected chi connectivity index (χ1v) is 6.14. The van der Waals surface area contributed by atoms with Crippen LogP contribution in [0.2, 0.25) is 0 Å². The average molecular weight is 258 g/mol. The van der Waals surface area contributed by atoms with Crippen LogP contribution in [0, 0.1) is 0 Å². The lowest BCUT2D eigenvalue weighted by molar-refractivity contribution is 0.110. The quantitative estimate of drug-likeness (QED) is 0.854. The highest BCUT2D eigenvalue weighted by atomic mass is 32.1. The van der Waals surface area contributed by atoms with E-state index in [4.69, 9.17) is 17.0 Å². The summed E-state index contributed by atoms with van der Waals surface area (Å²) in [5.41, 5.74) is 1.76. The molecule has 0 heterocycles. The zero-order valence-electron chi connectivity index (χ0n) is 9.82. The van der Waals surface area contributed by atoms with Crippen molar-refractivity contribution in [3.05, 3.63) is 71.8 Å². The number of ether oxygens (including phenoxy) is 1. The van der Waals surface area contributed by atoms with Crippen molar-refractivity contribution in [3.8, 4) is 0 Å². The van der Waals surface area contributed by atoms with Crippen molar-refractivity contribution in [2.24, 2.45) is 0 Å². The predicted molar refractivity (Wildman–Crippen MR) is 75.5 cm³/mol. The van der Waals surface area contributed by atoms with Gasteiger partial charge in [-0.15, -0.1) is 0 Å². The molecule has 92 valence electrons. The van der Waals surface area contributed by atoms with Gasteiger partial charge in [0.2, 0.25) is 0 Å². The van der Waals surface area contributed by atoms with Crippen LogP contribution >= 0.6 is 12.2 Å². The molecule has 1 atom stereocenters. The minimum Gasteiger partial charge on any atom is -0.472 e. The minimum atomic E-state index is -0.418. The van der Waals surface area contributed by atoms with E-state index in [1.165, 1.54) is 0 Å². The Hall–Kier alpha value is -1.71. The Balaban J connectivity index is 2.10. The van der Waals surface area contributed by atoms with E-state index in [2.05, 4.69) is 0 Å². The van der Waals surface area contributed by atoms with Crippen LogP contribution in [0.4, 0.5) is 0 Å². The van der Waals surface area contributed by atoms with Gasteiger partial charge in [0, 0.05) is 5.56 Å². The Morgan fingerprint density at radius 1 is 1.00 bits per heavy atom. The molecule has 0 spiro atoms. The standard InChI is InChI=1S/C15H14O2S/c16-11-14(12-7-3-1-4-8-12)17-15(18)13-9-5-2-6-10-13/h1-10,14,16H,11H2. The molecule has 0 saturated carbocycles. The highest BCUT2D eigenvalue weighted by Crippen LogP contribution is 2.18. The van der Waals surface area contributed by atoms with Crippen molar-refractivity contribution in [1.82, 2.24) is 0 Å². The number of rotatable bonds is 4. The van der Waals surface area contributed by atoms with Gasteiger partial charge in [-0.25, -0.2) is 0 Å². The molecule has 0 aliphatic heterocycles. The van der Waals surface area contributed by atoms with Gasteiger partial charge in [-0.05, 0) is 17.8 Å². The maximum atomic E-state index is 9.39. The van der Waals surface area contributed by atoms with Crippen LogP contribution in [0.3, 0.4) is 0 Å². The second-order valence-electron chi connectivity index (χ2n) is 3.85. The molecule has 0 bridgehead atoms. The normalized spacial score (nSPS) is 11.8. The molecule has 2 aromatic rings. The Morgan fingerprint density at radius 2 is 1.56 bits per heavy atom. The number of thiocarbonyl (C=S) groups is 1. The van der Waals surface area contributed by atoms with E-state index >= 15 is 0 Å². The second-order valence-corrected chi connectivity index (χ2v) is 4.22. The molecule has 18 heavy (non-hydrogen) atoms. The van der Waals surface area contributed by atoms with Crippen LogP contribution in [0.5, 0.6) is 0 Å². The van der Waals surface area contributed by atoms with Gasteiger partial charge < -0.3 is 9.84 Å². The Bertz CT molecular complexity index is 496. The van der Waals surface area contributed by atoms with E-state index in [-0.39, 0.29) is 6.61 Å². The van der Waals surface area contributed by atoms with Gasteiger partial charge in [-0.2, -0.15) is 0 Å². The second kappa shape index (κ2) is 6.28. The summed E-state index contributed by atoms with van der Waals surface area (Å²) in [7, 11) is 0. The Morgan fingerprint density at radius 3 is 2.11 bits per heavy atom. The van der Waals surface area contributed by atoms with Crippen molar-refractivity contribution >= 4 is 17.3 Å². The molecule has 2 rings (SSSR count). The van der Waals surface area contributed by atoms with Crippen LogP contribution in [-0.4, -0.2) is 16.8 Å². The summed E-state index contributed by atoms with van der Waals surface area (Å²) in [4.78, 5) is 0. The maximum absolute atomic E-state index is 9.39. The molecule has 3 heteroatoms. The van der Waals surface area contributed by atoms with E-state index in [0.717, 1.165) is 11.1 Å². The molecule has 1 N–H and O–H groups in total. The largest absolute Gasteiger partial charge is 0.472 e. The van der Waals surface area contributed by atoms with Crippen molar-refractivity contribution in [3.63, 3.8) is 0 Å². The summed E-state index contributed by atoms with van der Waals surface area (Å²) in [5, 5.41) is 9.79. The fraction of sp³-hybridized carbons (Fsp3) is 0.133. The molecule has 0 amide bonds. The van der Waals surface area contributed by atoms with Crippen LogP contribution in [0.15, 0.2) is 60.7 Å². The number of benzene rings is 2. The highest BCUT2D eigenvalue weighted by molar-refractivity contribution is 7.80. The van der Waals surface area contributed by atoms with Crippen molar-refractivity contribution in [2.45, 2.75) is 6.10 Å². The molecule has 0 saturated heterocycles. The van der Waals surface area contributed by atoms with Crippen molar-refractivity contribution in [2.75, 3.05) is 6.61 Å². The highest BCUT2D eigenvalue weighted by Gasteiger charge is 2.14. The minimum absolute atomic E-state index is 0.100. The molecule has 0 fully saturated rings. The van der Waals surface area contributed by atoms with Gasteiger partial charge in [-0.3, -0.25) is 0 Å². The predicted octanol–water partition coefficient (Wildman–Crippen LogP) is 3.11. The summed E-state index contributed by atoms with van der Waals surface area (Å²) in [6.45, 7) is -0.100. The smallest absolute Gasteiger partial charge is 0.191 e. The number of aliphatic hydroxyl groups excluding tert-OH is 1. The fourth-order valence-electron chi connectivity index (χ4n) is 1.65. The first-order valence-electron chi connectivity index (χ1n) is 5.73. The van der Waals surface area contributed by atoms with Crippen LogP contribution in [0.1, 0.15) is 17.2 Å². The third-order valence-corrected chi connectivity index (χ3v) is 2.93. The lowest BCUT2D eigenvalue weighted by atomic mass is 10.1. The zero-order chi connectivity index (χ0) is 12.8. The monoisotopic (exact) mass is 258 g/mol. The van der Waals surface area contributed by atoms with Crippen molar-refractivity contribution < 1.29 is 9.84 Å². The van der Waals surface area contributed by atoms with Crippen molar-refractivity contribution in [1.29, 1.82) is 0 Å². The summed E-state index contributed by atoms with van der Waals surface area (Å²) in [6.07, 6.45) is -0.418. The molecule has 0 aliphatic carbocycles. The van der Waals surface area contributed by atoms with Gasteiger partial charge >= 0.3 is 0 Å². The van der Waals surface area contributed by atoms with E-state index < -0.39 is 6.10 Å². The van der Waals surface area contributed by atoms with Gasteiger partial charge in [0.1, 0.15) is 6.10 Å². The number of hydrogen-bond donors (Lipinski definition) is 1. The van der Waals surface area contributed by atoms with Gasteiger partial charge in [-0.1, -0.05) is 60.7 Å². The lowest BCUT2D eigenvalue weighted by Crippen LogP contribution is -2.14. The topological polar surface area (TPSA) is 29.5 Å². The summed E-state index contributed by atoms with van der Waals surface area (Å²) in [5.74, 6) is 0. The third-order valence-electron chi connectivity index (χ3n) is 2.60. The Labute approximate surface area is 112 Å². The molecule has 1 unspecified atom stereocenters. The zero-order valence-corrected chi connectivity index (χ0v) is 10.6. The van der Waals surface area contributed by atoms with Gasteiger partial charge in [0.25, 0.3) is 0 Å². The number of hydrogen-bond acceptors (Lipinski definition) is 3. The summed E-state index contributed by atoms with van der Waals surface area (Å²) in [6, 6.07) is 19.1. The van der Waals surface area contributed by atoms with Gasteiger partial charge in [0.05, 0.1) is 6.61 Å². The maximum Gasteiger partial charge on any atom is 0.191 e. The summed E-state index contributed by atoms with van der Waals surface area (Å²) < 4.78 is 5.65. The first-order chi connectivity index (χ1) is 8.81. The summed E-state index contributed by atoms with van der Waals surface area (Å²) >= 11 is 5.23. The van der Waals surface area contributed by atoms with Gasteiger partial charge in [0.15, 0.2) is 5.05 Å². The SMILES string of the molecule is OCC(OC(=S)c1ccccc1)c1ccccc1. The molecule has 0 aliphatic rings. The van der Waals surface area contributed by atoms with Crippen LogP contribution in [0.25, 0.3) is 0 Å². The first kappa shape index (κ1) is 12.7. The van der Waals surface area contributed by atoms with E-state index in [1.54, 1.807) is 0 Å². The molecule has 2 nitrogen and oxygen atoms in total. The molecular weight excluding hydrogens is 244 g/mol. The molecule has 2 aromatic carbocycles. The van der Waals surface area contributed by atoms with E-state index in [9.17, 15) is 5.11 Å². The third kappa shape index (κ3) is 3.15. The fourth-order valence-corrected chi connectivity index (χ4v) is 1.90. The molecular formula is C15H14O2S.